The first-order valence-electron chi connectivity index (χ1n) is 5.74. The molecule has 3 nitrogen and oxygen atoms in total. The Bertz CT molecular complexity index is 337. The van der Waals surface area contributed by atoms with Crippen LogP contribution in [0.3, 0.4) is 0 Å². The van der Waals surface area contributed by atoms with Crippen LogP contribution in [0.25, 0.3) is 0 Å². The fourth-order valence-corrected chi connectivity index (χ4v) is 2.64. The van der Waals surface area contributed by atoms with Gasteiger partial charge in [0.05, 0.1) is 0 Å². The molecule has 1 fully saturated rings. The van der Waals surface area contributed by atoms with Crippen LogP contribution in [0.1, 0.15) is 12.0 Å². The van der Waals surface area contributed by atoms with Gasteiger partial charge in [0.25, 0.3) is 0 Å². The maximum atomic E-state index is 4.14. The van der Waals surface area contributed by atoms with Crippen molar-refractivity contribution in [2.75, 3.05) is 26.7 Å². The molecule has 0 aromatic carbocycles. The normalized spacial score (nSPS) is 20.6. The fourth-order valence-electron chi connectivity index (χ4n) is 2.23. The molecule has 16 heavy (non-hydrogen) atoms. The molecule has 88 valence electrons. The van der Waals surface area contributed by atoms with Gasteiger partial charge in [0.15, 0.2) is 0 Å². The standard InChI is InChI=1S/C12H18BrN3/c1-16(9-11-2-4-14-7-11)8-10-3-5-15-12(13)6-10/h3,5-6,11,14H,2,4,7-9H2,1H3/t11-/m1/s1. The van der Waals surface area contributed by atoms with Crippen molar-refractivity contribution in [1.82, 2.24) is 15.2 Å². The van der Waals surface area contributed by atoms with Gasteiger partial charge in [-0.2, -0.15) is 0 Å². The van der Waals surface area contributed by atoms with E-state index in [0.717, 1.165) is 17.1 Å². The van der Waals surface area contributed by atoms with Crippen LogP contribution in [0.15, 0.2) is 22.9 Å². The summed E-state index contributed by atoms with van der Waals surface area (Å²) >= 11 is 3.40. The number of hydrogen-bond acceptors (Lipinski definition) is 3. The van der Waals surface area contributed by atoms with Crippen LogP contribution in [-0.4, -0.2) is 36.6 Å². The molecule has 1 atom stereocenters. The van der Waals surface area contributed by atoms with Crippen molar-refractivity contribution in [2.45, 2.75) is 13.0 Å². The van der Waals surface area contributed by atoms with E-state index < -0.39 is 0 Å². The third-order valence-electron chi connectivity index (χ3n) is 2.98. The van der Waals surface area contributed by atoms with E-state index in [1.807, 2.05) is 6.20 Å². The Morgan fingerprint density at radius 1 is 1.62 bits per heavy atom. The van der Waals surface area contributed by atoms with Crippen LogP contribution in [-0.2, 0) is 6.54 Å². The summed E-state index contributed by atoms with van der Waals surface area (Å²) < 4.78 is 0.918. The van der Waals surface area contributed by atoms with Crippen LogP contribution in [0, 0.1) is 5.92 Å². The molecule has 0 aliphatic carbocycles. The lowest BCUT2D eigenvalue weighted by Crippen LogP contribution is -2.26. The second-order valence-electron chi connectivity index (χ2n) is 4.54. The topological polar surface area (TPSA) is 28.2 Å². The average molecular weight is 284 g/mol. The molecule has 0 saturated carbocycles. The first kappa shape index (κ1) is 12.0. The Balaban J connectivity index is 1.84. The third kappa shape index (κ3) is 3.54. The molecule has 1 saturated heterocycles. The van der Waals surface area contributed by atoms with E-state index in [-0.39, 0.29) is 0 Å². The first-order valence-corrected chi connectivity index (χ1v) is 6.53. The summed E-state index contributed by atoms with van der Waals surface area (Å²) in [5.41, 5.74) is 1.32. The minimum absolute atomic E-state index is 0.815. The number of nitrogens with zero attached hydrogens (tertiary/aromatic N) is 2. The zero-order valence-electron chi connectivity index (χ0n) is 9.62. The predicted octanol–water partition coefficient (Wildman–Crippen LogP) is 1.89. The molecule has 1 aromatic heterocycles. The Morgan fingerprint density at radius 3 is 3.19 bits per heavy atom. The van der Waals surface area contributed by atoms with E-state index in [4.69, 9.17) is 0 Å². The molecule has 2 rings (SSSR count). The molecule has 1 aromatic rings. The summed E-state index contributed by atoms with van der Waals surface area (Å²) in [6.07, 6.45) is 3.16. The SMILES string of the molecule is CN(Cc1ccnc(Br)c1)C[C@@H]1CCNC1. The van der Waals surface area contributed by atoms with Crippen molar-refractivity contribution in [3.8, 4) is 0 Å². The van der Waals surface area contributed by atoms with Crippen molar-refractivity contribution >= 4 is 15.9 Å². The van der Waals surface area contributed by atoms with Crippen molar-refractivity contribution in [2.24, 2.45) is 5.92 Å². The second kappa shape index (κ2) is 5.75. The number of hydrogen-bond donors (Lipinski definition) is 1. The fraction of sp³-hybridized carbons (Fsp3) is 0.583. The maximum absolute atomic E-state index is 4.14. The van der Waals surface area contributed by atoms with Gasteiger partial charge in [0, 0.05) is 19.3 Å². The first-order chi connectivity index (χ1) is 7.74. The Labute approximate surface area is 105 Å². The molecule has 1 aliphatic rings. The average Bonchev–Trinajstić information content (AvgIpc) is 2.70. The predicted molar refractivity (Wildman–Crippen MR) is 69.2 cm³/mol. The molecule has 0 spiro atoms. The summed E-state index contributed by atoms with van der Waals surface area (Å²) in [7, 11) is 2.19. The molecular weight excluding hydrogens is 266 g/mol. The van der Waals surface area contributed by atoms with Gasteiger partial charge in [-0.1, -0.05) is 0 Å². The maximum Gasteiger partial charge on any atom is 0.106 e. The Hall–Kier alpha value is -0.450. The van der Waals surface area contributed by atoms with Crippen LogP contribution in [0.4, 0.5) is 0 Å². The van der Waals surface area contributed by atoms with Crippen molar-refractivity contribution in [3.05, 3.63) is 28.5 Å². The molecule has 0 amide bonds. The summed E-state index contributed by atoms with van der Waals surface area (Å²) in [6.45, 7) is 4.52. The van der Waals surface area contributed by atoms with E-state index in [0.29, 0.717) is 0 Å². The quantitative estimate of drug-likeness (QED) is 0.856. The number of rotatable bonds is 4. The van der Waals surface area contributed by atoms with Crippen LogP contribution in [0.5, 0.6) is 0 Å². The van der Waals surface area contributed by atoms with E-state index in [1.54, 1.807) is 0 Å². The van der Waals surface area contributed by atoms with Crippen molar-refractivity contribution in [1.29, 1.82) is 0 Å². The summed E-state index contributed by atoms with van der Waals surface area (Å²) in [6, 6.07) is 4.16. The van der Waals surface area contributed by atoms with Crippen molar-refractivity contribution < 1.29 is 0 Å². The van der Waals surface area contributed by atoms with Gasteiger partial charge in [-0.05, 0) is 66.1 Å². The number of aromatic nitrogens is 1. The van der Waals surface area contributed by atoms with Gasteiger partial charge >= 0.3 is 0 Å². The molecule has 0 unspecified atom stereocenters. The molecule has 0 radical (unpaired) electrons. The smallest absolute Gasteiger partial charge is 0.106 e. The van der Waals surface area contributed by atoms with E-state index in [9.17, 15) is 0 Å². The monoisotopic (exact) mass is 283 g/mol. The van der Waals surface area contributed by atoms with Gasteiger partial charge in [0.1, 0.15) is 4.60 Å². The highest BCUT2D eigenvalue weighted by molar-refractivity contribution is 9.10. The number of nitrogens with one attached hydrogen (secondary N) is 1. The highest BCUT2D eigenvalue weighted by Crippen LogP contribution is 2.13. The lowest BCUT2D eigenvalue weighted by molar-refractivity contribution is 0.278. The Morgan fingerprint density at radius 2 is 2.50 bits per heavy atom. The summed E-state index contributed by atoms with van der Waals surface area (Å²) in [4.78, 5) is 6.53. The lowest BCUT2D eigenvalue weighted by Gasteiger charge is -2.20. The minimum Gasteiger partial charge on any atom is -0.316 e. The Kier molecular flexibility index (Phi) is 4.32. The third-order valence-corrected chi connectivity index (χ3v) is 3.41. The highest BCUT2D eigenvalue weighted by atomic mass is 79.9. The van der Waals surface area contributed by atoms with Crippen LogP contribution in [0.2, 0.25) is 0 Å². The molecular formula is C12H18BrN3. The van der Waals surface area contributed by atoms with Gasteiger partial charge in [-0.15, -0.1) is 0 Å². The molecule has 2 heterocycles. The second-order valence-corrected chi connectivity index (χ2v) is 5.35. The minimum atomic E-state index is 0.815. The van der Waals surface area contributed by atoms with Gasteiger partial charge < -0.3 is 10.2 Å². The molecule has 4 heteroatoms. The van der Waals surface area contributed by atoms with Crippen LogP contribution >= 0.6 is 15.9 Å². The molecule has 0 bridgehead atoms. The number of halogens is 1. The van der Waals surface area contributed by atoms with Crippen LogP contribution < -0.4 is 5.32 Å². The summed E-state index contributed by atoms with van der Waals surface area (Å²) in [5, 5.41) is 3.41. The van der Waals surface area contributed by atoms with E-state index in [2.05, 4.69) is 50.3 Å². The summed E-state index contributed by atoms with van der Waals surface area (Å²) in [5.74, 6) is 0.815. The van der Waals surface area contributed by atoms with E-state index in [1.165, 1.54) is 31.6 Å². The van der Waals surface area contributed by atoms with E-state index >= 15 is 0 Å². The number of pyridine rings is 1. The zero-order chi connectivity index (χ0) is 11.4. The zero-order valence-corrected chi connectivity index (χ0v) is 11.2. The van der Waals surface area contributed by atoms with Crippen molar-refractivity contribution in [3.63, 3.8) is 0 Å². The van der Waals surface area contributed by atoms with Gasteiger partial charge in [0.2, 0.25) is 0 Å². The molecule has 1 aliphatic heterocycles. The van der Waals surface area contributed by atoms with Gasteiger partial charge in [-0.25, -0.2) is 4.98 Å². The molecule has 1 N–H and O–H groups in total. The highest BCUT2D eigenvalue weighted by Gasteiger charge is 2.16. The lowest BCUT2D eigenvalue weighted by atomic mass is 10.1. The van der Waals surface area contributed by atoms with Gasteiger partial charge in [-0.3, -0.25) is 0 Å². The largest absolute Gasteiger partial charge is 0.316 e.